The summed E-state index contributed by atoms with van der Waals surface area (Å²) in [6, 6.07) is 9.46. The van der Waals surface area contributed by atoms with E-state index in [0.717, 1.165) is 11.6 Å². The van der Waals surface area contributed by atoms with Gasteiger partial charge in [0.2, 0.25) is 5.03 Å². The SMILES string of the molecule is CC(C)(C)c1ccccc1NS(=O)(=O)c1ncccc1F. The van der Waals surface area contributed by atoms with Gasteiger partial charge in [-0.05, 0) is 29.2 Å². The number of rotatable bonds is 3. The van der Waals surface area contributed by atoms with E-state index < -0.39 is 20.9 Å². The Morgan fingerprint density at radius 1 is 1.10 bits per heavy atom. The number of benzene rings is 1. The molecule has 0 atom stereocenters. The number of hydrogen-bond acceptors (Lipinski definition) is 3. The third-order valence-electron chi connectivity index (χ3n) is 2.96. The van der Waals surface area contributed by atoms with Gasteiger partial charge in [0.1, 0.15) is 0 Å². The first-order chi connectivity index (χ1) is 9.72. The molecule has 0 spiro atoms. The van der Waals surface area contributed by atoms with Crippen molar-refractivity contribution in [3.05, 3.63) is 54.0 Å². The van der Waals surface area contributed by atoms with Crippen molar-refractivity contribution in [2.75, 3.05) is 4.72 Å². The van der Waals surface area contributed by atoms with Crippen molar-refractivity contribution in [3.63, 3.8) is 0 Å². The summed E-state index contributed by atoms with van der Waals surface area (Å²) in [5.74, 6) is -0.877. The summed E-state index contributed by atoms with van der Waals surface area (Å²) in [5.41, 5.74) is 1.00. The molecule has 0 saturated heterocycles. The molecule has 21 heavy (non-hydrogen) atoms. The minimum Gasteiger partial charge on any atom is -0.278 e. The number of pyridine rings is 1. The van der Waals surface area contributed by atoms with Crippen LogP contribution in [0.4, 0.5) is 10.1 Å². The molecule has 0 fully saturated rings. The highest BCUT2D eigenvalue weighted by Gasteiger charge is 2.24. The molecule has 0 bridgehead atoms. The fourth-order valence-corrected chi connectivity index (χ4v) is 3.08. The lowest BCUT2D eigenvalue weighted by Crippen LogP contribution is -2.20. The maximum atomic E-state index is 13.6. The molecule has 1 N–H and O–H groups in total. The quantitative estimate of drug-likeness (QED) is 0.946. The Hall–Kier alpha value is -1.95. The summed E-state index contributed by atoms with van der Waals surface area (Å²) in [7, 11) is -4.06. The highest BCUT2D eigenvalue weighted by Crippen LogP contribution is 2.30. The standard InChI is InChI=1S/C15H17FN2O2S/c1-15(2,3)11-7-4-5-9-13(11)18-21(19,20)14-12(16)8-6-10-17-14/h4-10,18H,1-3H3. The number of aromatic nitrogens is 1. The zero-order chi connectivity index (χ0) is 15.7. The fourth-order valence-electron chi connectivity index (χ4n) is 1.99. The largest absolute Gasteiger partial charge is 0.282 e. The van der Waals surface area contributed by atoms with Crippen molar-refractivity contribution in [1.82, 2.24) is 4.98 Å². The Balaban J connectivity index is 2.46. The molecule has 1 aromatic heterocycles. The molecule has 4 nitrogen and oxygen atoms in total. The predicted molar refractivity (Wildman–Crippen MR) is 80.1 cm³/mol. The molecule has 0 amide bonds. The topological polar surface area (TPSA) is 59.1 Å². The van der Waals surface area contributed by atoms with Crippen LogP contribution in [0.3, 0.4) is 0 Å². The van der Waals surface area contributed by atoms with Crippen molar-refractivity contribution in [1.29, 1.82) is 0 Å². The normalized spacial score (nSPS) is 12.2. The van der Waals surface area contributed by atoms with Crippen molar-refractivity contribution in [2.24, 2.45) is 0 Å². The molecule has 2 aromatic rings. The van der Waals surface area contributed by atoms with Crippen LogP contribution in [0.5, 0.6) is 0 Å². The van der Waals surface area contributed by atoms with Gasteiger partial charge in [-0.25, -0.2) is 9.37 Å². The summed E-state index contributed by atoms with van der Waals surface area (Å²) in [4.78, 5) is 3.61. The van der Waals surface area contributed by atoms with Gasteiger partial charge in [-0.1, -0.05) is 39.0 Å². The number of hydrogen-bond donors (Lipinski definition) is 1. The van der Waals surface area contributed by atoms with E-state index in [-0.39, 0.29) is 5.41 Å². The van der Waals surface area contributed by atoms with Gasteiger partial charge in [0, 0.05) is 6.20 Å². The fraction of sp³-hybridized carbons (Fsp3) is 0.267. The lowest BCUT2D eigenvalue weighted by Gasteiger charge is -2.23. The highest BCUT2D eigenvalue weighted by molar-refractivity contribution is 7.92. The molecule has 0 aliphatic rings. The van der Waals surface area contributed by atoms with E-state index in [1.165, 1.54) is 12.3 Å². The smallest absolute Gasteiger partial charge is 0.278 e. The van der Waals surface area contributed by atoms with Gasteiger partial charge in [0.05, 0.1) is 5.69 Å². The number of halogens is 1. The predicted octanol–water partition coefficient (Wildman–Crippen LogP) is 3.32. The van der Waals surface area contributed by atoms with E-state index in [0.29, 0.717) is 5.69 Å². The molecule has 0 unspecified atom stereocenters. The van der Waals surface area contributed by atoms with Crippen LogP contribution >= 0.6 is 0 Å². The Kier molecular flexibility index (Phi) is 4.00. The Morgan fingerprint density at radius 2 is 1.76 bits per heavy atom. The average Bonchev–Trinajstić information content (AvgIpc) is 2.38. The molecule has 0 aliphatic carbocycles. The lowest BCUT2D eigenvalue weighted by molar-refractivity contribution is 0.556. The van der Waals surface area contributed by atoms with E-state index in [1.54, 1.807) is 12.1 Å². The average molecular weight is 308 g/mol. The van der Waals surface area contributed by atoms with Gasteiger partial charge < -0.3 is 0 Å². The van der Waals surface area contributed by atoms with Crippen molar-refractivity contribution >= 4 is 15.7 Å². The van der Waals surface area contributed by atoms with E-state index in [1.807, 2.05) is 32.9 Å². The second-order valence-corrected chi connectivity index (χ2v) is 7.29. The van der Waals surface area contributed by atoms with Crippen LogP contribution in [-0.2, 0) is 15.4 Å². The van der Waals surface area contributed by atoms with Crippen molar-refractivity contribution in [3.8, 4) is 0 Å². The van der Waals surface area contributed by atoms with Gasteiger partial charge in [0.15, 0.2) is 5.82 Å². The number of anilines is 1. The molecular formula is C15H17FN2O2S. The maximum Gasteiger partial charge on any atom is 0.282 e. The first-order valence-electron chi connectivity index (χ1n) is 6.45. The zero-order valence-electron chi connectivity index (χ0n) is 12.1. The van der Waals surface area contributed by atoms with Gasteiger partial charge in [-0.15, -0.1) is 0 Å². The van der Waals surface area contributed by atoms with Crippen molar-refractivity contribution < 1.29 is 12.8 Å². The van der Waals surface area contributed by atoms with Crippen LogP contribution in [0.15, 0.2) is 47.6 Å². The first kappa shape index (κ1) is 15.4. The second-order valence-electron chi connectivity index (χ2n) is 5.69. The molecule has 112 valence electrons. The van der Waals surface area contributed by atoms with Crippen LogP contribution < -0.4 is 4.72 Å². The Labute approximate surface area is 124 Å². The maximum absolute atomic E-state index is 13.6. The summed E-state index contributed by atoms with van der Waals surface area (Å²) in [5, 5.41) is -0.603. The van der Waals surface area contributed by atoms with Crippen LogP contribution in [0.2, 0.25) is 0 Å². The van der Waals surface area contributed by atoms with E-state index in [9.17, 15) is 12.8 Å². The van der Waals surface area contributed by atoms with Crippen LogP contribution in [0.1, 0.15) is 26.3 Å². The molecule has 6 heteroatoms. The molecule has 1 aromatic carbocycles. The van der Waals surface area contributed by atoms with Gasteiger partial charge >= 0.3 is 0 Å². The molecule has 1 heterocycles. The van der Waals surface area contributed by atoms with E-state index >= 15 is 0 Å². The van der Waals surface area contributed by atoms with Crippen LogP contribution in [0, 0.1) is 5.82 Å². The van der Waals surface area contributed by atoms with Gasteiger partial charge in [-0.3, -0.25) is 4.72 Å². The third kappa shape index (κ3) is 3.39. The van der Waals surface area contributed by atoms with E-state index in [2.05, 4.69) is 9.71 Å². The summed E-state index contributed by atoms with van der Waals surface area (Å²) >= 11 is 0. The zero-order valence-corrected chi connectivity index (χ0v) is 12.9. The number of sulfonamides is 1. The van der Waals surface area contributed by atoms with Crippen LogP contribution in [0.25, 0.3) is 0 Å². The van der Waals surface area contributed by atoms with E-state index in [4.69, 9.17) is 0 Å². The number of nitrogens with zero attached hydrogens (tertiary/aromatic N) is 1. The molecule has 0 aliphatic heterocycles. The van der Waals surface area contributed by atoms with Crippen molar-refractivity contribution in [2.45, 2.75) is 31.2 Å². The minimum atomic E-state index is -4.06. The molecular weight excluding hydrogens is 291 g/mol. The van der Waals surface area contributed by atoms with Gasteiger partial charge in [0.25, 0.3) is 10.0 Å². The number of nitrogens with one attached hydrogen (secondary N) is 1. The van der Waals surface area contributed by atoms with Crippen LogP contribution in [-0.4, -0.2) is 13.4 Å². The Bertz CT molecular complexity index is 752. The molecule has 2 rings (SSSR count). The first-order valence-corrected chi connectivity index (χ1v) is 7.93. The molecule has 0 radical (unpaired) electrons. The Morgan fingerprint density at radius 3 is 2.38 bits per heavy atom. The summed E-state index contributed by atoms with van der Waals surface area (Å²) < 4.78 is 40.6. The van der Waals surface area contributed by atoms with Gasteiger partial charge in [-0.2, -0.15) is 8.42 Å². The monoisotopic (exact) mass is 308 g/mol. The number of para-hydroxylation sites is 1. The third-order valence-corrected chi connectivity index (χ3v) is 4.26. The highest BCUT2D eigenvalue weighted by atomic mass is 32.2. The summed E-state index contributed by atoms with van der Waals surface area (Å²) in [6.45, 7) is 5.92. The lowest BCUT2D eigenvalue weighted by atomic mass is 9.86. The summed E-state index contributed by atoms with van der Waals surface area (Å²) in [6.07, 6.45) is 1.24. The molecule has 0 saturated carbocycles. The second kappa shape index (κ2) is 5.44. The minimum absolute atomic E-state index is 0.248.